The Hall–Kier alpha value is -2.60. The van der Waals surface area contributed by atoms with E-state index >= 15 is 0 Å². The lowest BCUT2D eigenvalue weighted by molar-refractivity contribution is -0.132. The van der Waals surface area contributed by atoms with E-state index in [-0.39, 0.29) is 11.9 Å². The Morgan fingerprint density at radius 1 is 1.25 bits per heavy atom. The van der Waals surface area contributed by atoms with Crippen molar-refractivity contribution in [2.24, 2.45) is 5.10 Å². The molecule has 3 heterocycles. The normalized spacial score (nSPS) is 17.3. The molecule has 0 unspecified atom stereocenters. The molecule has 1 amide bonds. The van der Waals surface area contributed by atoms with Gasteiger partial charge in [-0.05, 0) is 29.1 Å². The molecule has 0 bridgehead atoms. The van der Waals surface area contributed by atoms with Crippen molar-refractivity contribution in [1.29, 1.82) is 0 Å². The van der Waals surface area contributed by atoms with Crippen molar-refractivity contribution in [3.8, 4) is 0 Å². The lowest BCUT2D eigenvalue weighted by Crippen LogP contribution is -2.26. The van der Waals surface area contributed by atoms with Crippen LogP contribution in [0.1, 0.15) is 36.2 Å². The van der Waals surface area contributed by atoms with Crippen molar-refractivity contribution >= 4 is 34.0 Å². The number of hydrogen-bond acceptors (Lipinski definition) is 5. The summed E-state index contributed by atoms with van der Waals surface area (Å²) in [4.78, 5) is 22.2. The van der Waals surface area contributed by atoms with Crippen molar-refractivity contribution in [2.75, 3.05) is 0 Å². The van der Waals surface area contributed by atoms with E-state index in [9.17, 15) is 4.79 Å². The van der Waals surface area contributed by atoms with E-state index < -0.39 is 0 Å². The van der Waals surface area contributed by atoms with Crippen LogP contribution >= 0.6 is 11.3 Å². The molecule has 2 aromatic heterocycles. The molecule has 0 saturated heterocycles. The molecule has 120 valence electrons. The van der Waals surface area contributed by atoms with E-state index in [0.717, 1.165) is 33.6 Å². The summed E-state index contributed by atoms with van der Waals surface area (Å²) in [5.41, 5.74) is 3.70. The van der Waals surface area contributed by atoms with Gasteiger partial charge in [0.25, 0.3) is 0 Å². The molecule has 0 radical (unpaired) electrons. The molecule has 0 N–H and O–H groups in total. The summed E-state index contributed by atoms with van der Waals surface area (Å²) < 4.78 is 0. The first kappa shape index (κ1) is 15.0. The predicted octanol–water partition coefficient (Wildman–Crippen LogP) is 3.78. The highest BCUT2D eigenvalue weighted by molar-refractivity contribution is 7.12. The summed E-state index contributed by atoms with van der Waals surface area (Å²) in [6.07, 6.45) is 4.52. The van der Waals surface area contributed by atoms with Gasteiger partial charge in [-0.25, -0.2) is 5.01 Å². The highest BCUT2D eigenvalue weighted by atomic mass is 32.1. The lowest BCUT2D eigenvalue weighted by atomic mass is 10.0. The predicted molar refractivity (Wildman–Crippen MR) is 94.9 cm³/mol. The average molecular weight is 336 g/mol. The smallest absolute Gasteiger partial charge is 0.242 e. The van der Waals surface area contributed by atoms with Gasteiger partial charge in [0.05, 0.1) is 27.7 Å². The molecular formula is C18H16N4OS. The van der Waals surface area contributed by atoms with Crippen LogP contribution in [0.3, 0.4) is 0 Å². The number of hydrogen-bond donors (Lipinski definition) is 0. The molecule has 1 aliphatic rings. The Kier molecular flexibility index (Phi) is 3.82. The first-order chi connectivity index (χ1) is 11.8. The third-order valence-electron chi connectivity index (χ3n) is 4.15. The number of amides is 1. The van der Waals surface area contributed by atoms with Crippen LogP contribution in [0.25, 0.3) is 11.0 Å². The quantitative estimate of drug-likeness (QED) is 0.731. The van der Waals surface area contributed by atoms with Gasteiger partial charge in [0.2, 0.25) is 5.91 Å². The fourth-order valence-electron chi connectivity index (χ4n) is 2.94. The van der Waals surface area contributed by atoms with Gasteiger partial charge in [-0.2, -0.15) is 5.10 Å². The van der Waals surface area contributed by atoms with Crippen molar-refractivity contribution < 1.29 is 4.79 Å². The van der Waals surface area contributed by atoms with Crippen LogP contribution in [0.15, 0.2) is 53.2 Å². The minimum Gasteiger partial charge on any atom is -0.273 e. The third-order valence-corrected chi connectivity index (χ3v) is 5.07. The van der Waals surface area contributed by atoms with Gasteiger partial charge in [-0.3, -0.25) is 14.8 Å². The summed E-state index contributed by atoms with van der Waals surface area (Å²) in [5, 5.41) is 8.28. The van der Waals surface area contributed by atoms with Gasteiger partial charge in [0, 0.05) is 25.2 Å². The van der Waals surface area contributed by atoms with E-state index in [2.05, 4.69) is 15.1 Å². The van der Waals surface area contributed by atoms with Crippen molar-refractivity contribution in [1.82, 2.24) is 15.0 Å². The summed E-state index contributed by atoms with van der Waals surface area (Å²) in [6.45, 7) is 1.86. The van der Waals surface area contributed by atoms with Crippen molar-refractivity contribution in [3.63, 3.8) is 0 Å². The second-order valence-corrected chi connectivity index (χ2v) is 6.59. The van der Waals surface area contributed by atoms with Crippen LogP contribution in [0, 0.1) is 0 Å². The molecule has 0 spiro atoms. The molecule has 5 nitrogen and oxygen atoms in total. The summed E-state index contributed by atoms with van der Waals surface area (Å²) in [5.74, 6) is 0.0331. The van der Waals surface area contributed by atoms with Crippen LogP contribution in [0.5, 0.6) is 0 Å². The SMILES string of the molecule is CCC(=O)N1N=C(c2cccs2)C[C@@H]1c1ccc2nccnc2c1. The summed E-state index contributed by atoms with van der Waals surface area (Å²) >= 11 is 1.65. The van der Waals surface area contributed by atoms with Gasteiger partial charge in [0.15, 0.2) is 0 Å². The Balaban J connectivity index is 1.73. The van der Waals surface area contributed by atoms with Crippen LogP contribution in [0.2, 0.25) is 0 Å². The maximum absolute atomic E-state index is 12.4. The molecular weight excluding hydrogens is 320 g/mol. The highest BCUT2D eigenvalue weighted by Gasteiger charge is 2.32. The van der Waals surface area contributed by atoms with E-state index in [1.165, 1.54) is 0 Å². The Morgan fingerprint density at radius 3 is 2.83 bits per heavy atom. The molecule has 0 saturated carbocycles. The maximum Gasteiger partial charge on any atom is 0.242 e. The van der Waals surface area contributed by atoms with E-state index in [4.69, 9.17) is 0 Å². The first-order valence-electron chi connectivity index (χ1n) is 7.90. The lowest BCUT2D eigenvalue weighted by Gasteiger charge is -2.21. The number of hydrazone groups is 1. The number of carbonyl (C=O) groups excluding carboxylic acids is 1. The number of fused-ring (bicyclic) bond motifs is 1. The van der Waals surface area contributed by atoms with Gasteiger partial charge in [-0.1, -0.05) is 19.1 Å². The fourth-order valence-corrected chi connectivity index (χ4v) is 3.66. The number of rotatable bonds is 3. The molecule has 24 heavy (non-hydrogen) atoms. The highest BCUT2D eigenvalue weighted by Crippen LogP contribution is 2.34. The fraction of sp³-hybridized carbons (Fsp3) is 0.222. The Bertz CT molecular complexity index is 920. The third kappa shape index (κ3) is 2.59. The van der Waals surface area contributed by atoms with Gasteiger partial charge in [-0.15, -0.1) is 11.3 Å². The summed E-state index contributed by atoms with van der Waals surface area (Å²) in [6, 6.07) is 9.95. The van der Waals surface area contributed by atoms with Crippen LogP contribution in [0.4, 0.5) is 0 Å². The molecule has 1 atom stereocenters. The summed E-state index contributed by atoms with van der Waals surface area (Å²) in [7, 11) is 0. The minimum absolute atomic E-state index is 0.0331. The zero-order chi connectivity index (χ0) is 16.5. The minimum atomic E-state index is -0.0824. The van der Waals surface area contributed by atoms with E-state index in [0.29, 0.717) is 6.42 Å². The first-order valence-corrected chi connectivity index (χ1v) is 8.78. The molecule has 0 aliphatic carbocycles. The van der Waals surface area contributed by atoms with Crippen molar-refractivity contribution in [3.05, 3.63) is 58.5 Å². The van der Waals surface area contributed by atoms with Crippen molar-refractivity contribution in [2.45, 2.75) is 25.8 Å². The van der Waals surface area contributed by atoms with Crippen LogP contribution in [-0.2, 0) is 4.79 Å². The van der Waals surface area contributed by atoms with E-state index in [1.54, 1.807) is 28.7 Å². The van der Waals surface area contributed by atoms with Gasteiger partial charge < -0.3 is 0 Å². The van der Waals surface area contributed by atoms with Gasteiger partial charge >= 0.3 is 0 Å². The van der Waals surface area contributed by atoms with Crippen LogP contribution < -0.4 is 0 Å². The van der Waals surface area contributed by atoms with E-state index in [1.807, 2.05) is 42.6 Å². The average Bonchev–Trinajstić information content (AvgIpc) is 3.30. The second-order valence-electron chi connectivity index (χ2n) is 5.64. The molecule has 1 aliphatic heterocycles. The molecule has 3 aromatic rings. The number of benzene rings is 1. The Labute approximate surface area is 143 Å². The Morgan fingerprint density at radius 2 is 2.08 bits per heavy atom. The number of aromatic nitrogens is 2. The standard InChI is InChI=1S/C18H16N4OS/c1-2-18(23)22-16(11-15(21-22)17-4-3-9-24-17)12-5-6-13-14(10-12)20-8-7-19-13/h3-10,16H,2,11H2,1H3/t16-/m1/s1. The molecule has 6 heteroatoms. The number of nitrogens with zero attached hydrogens (tertiary/aromatic N) is 4. The monoisotopic (exact) mass is 336 g/mol. The van der Waals surface area contributed by atoms with Crippen LogP contribution in [-0.4, -0.2) is 26.6 Å². The molecule has 1 aromatic carbocycles. The molecule has 4 rings (SSSR count). The topological polar surface area (TPSA) is 58.5 Å². The maximum atomic E-state index is 12.4. The zero-order valence-electron chi connectivity index (χ0n) is 13.2. The molecule has 0 fully saturated rings. The number of carbonyl (C=O) groups is 1. The van der Waals surface area contributed by atoms with Gasteiger partial charge in [0.1, 0.15) is 0 Å². The largest absolute Gasteiger partial charge is 0.273 e. The number of thiophene rings is 1. The zero-order valence-corrected chi connectivity index (χ0v) is 14.0. The second kappa shape index (κ2) is 6.13.